The van der Waals surface area contributed by atoms with Crippen LogP contribution >= 0.6 is 0 Å². The highest BCUT2D eigenvalue weighted by Crippen LogP contribution is 2.45. The van der Waals surface area contributed by atoms with Gasteiger partial charge in [-0.25, -0.2) is 0 Å². The molecule has 244 valence electrons. The highest BCUT2D eigenvalue weighted by atomic mass is 16.3. The molecule has 0 saturated carbocycles. The first-order valence-corrected chi connectivity index (χ1v) is 17.6. The molecular weight excluding hydrogens is 637 g/mol. The second-order valence-electron chi connectivity index (χ2n) is 13.3. The Hall–Kier alpha value is -7.04. The van der Waals surface area contributed by atoms with Gasteiger partial charge < -0.3 is 18.3 Å². The fraction of sp³-hybridized carbons (Fsp3) is 0. The first-order valence-electron chi connectivity index (χ1n) is 17.6. The number of furan rings is 2. The average molecular weight is 667 g/mol. The largest absolute Gasteiger partial charge is 0.456 e. The van der Waals surface area contributed by atoms with Crippen molar-refractivity contribution < 1.29 is 8.83 Å². The quantitative estimate of drug-likeness (QED) is 0.183. The summed E-state index contributed by atoms with van der Waals surface area (Å²) in [6, 6.07) is 64.3. The topological polar surface area (TPSA) is 34.5 Å². The highest BCUT2D eigenvalue weighted by Gasteiger charge is 2.21. The summed E-state index contributed by atoms with van der Waals surface area (Å²) in [6.45, 7) is 0. The predicted molar refractivity (Wildman–Crippen MR) is 215 cm³/mol. The number of benzene rings is 8. The Balaban J connectivity index is 1.10. The van der Waals surface area contributed by atoms with Crippen LogP contribution in [0.2, 0.25) is 0 Å². The van der Waals surface area contributed by atoms with Crippen molar-refractivity contribution in [3.8, 4) is 16.8 Å². The van der Waals surface area contributed by atoms with Crippen molar-refractivity contribution in [3.05, 3.63) is 182 Å². The molecule has 0 radical (unpaired) electrons. The monoisotopic (exact) mass is 666 g/mol. The van der Waals surface area contributed by atoms with Crippen molar-refractivity contribution in [1.82, 2.24) is 4.57 Å². The van der Waals surface area contributed by atoms with E-state index in [9.17, 15) is 0 Å². The van der Waals surface area contributed by atoms with Crippen LogP contribution in [0, 0.1) is 0 Å². The number of hydrogen-bond acceptors (Lipinski definition) is 3. The maximum atomic E-state index is 6.40. The lowest BCUT2D eigenvalue weighted by molar-refractivity contribution is 0.669. The molecule has 11 aromatic rings. The van der Waals surface area contributed by atoms with E-state index >= 15 is 0 Å². The van der Waals surface area contributed by atoms with E-state index < -0.39 is 0 Å². The normalized spacial score (nSPS) is 11.8. The van der Waals surface area contributed by atoms with Crippen LogP contribution in [-0.4, -0.2) is 4.57 Å². The molecule has 0 unspecified atom stereocenters. The van der Waals surface area contributed by atoms with Crippen LogP contribution in [0.15, 0.2) is 191 Å². The maximum absolute atomic E-state index is 6.40. The van der Waals surface area contributed by atoms with Crippen LogP contribution in [0.1, 0.15) is 0 Å². The van der Waals surface area contributed by atoms with Gasteiger partial charge in [-0.2, -0.15) is 0 Å². The molecule has 0 atom stereocenters. The van der Waals surface area contributed by atoms with Crippen molar-refractivity contribution in [2.75, 3.05) is 4.90 Å². The number of anilines is 3. The van der Waals surface area contributed by atoms with Gasteiger partial charge in [-0.05, 0) is 72.3 Å². The lowest BCUT2D eigenvalue weighted by atomic mass is 10.0. The number of aromatic nitrogens is 1. The maximum Gasteiger partial charge on any atom is 0.137 e. The number of nitrogens with zero attached hydrogens (tertiary/aromatic N) is 2. The van der Waals surface area contributed by atoms with Crippen LogP contribution < -0.4 is 4.90 Å². The summed E-state index contributed by atoms with van der Waals surface area (Å²) in [5.41, 5.74) is 12.4. The zero-order chi connectivity index (χ0) is 34.2. The lowest BCUT2D eigenvalue weighted by Crippen LogP contribution is -2.10. The molecule has 3 aromatic heterocycles. The fourth-order valence-electron chi connectivity index (χ4n) is 8.11. The summed E-state index contributed by atoms with van der Waals surface area (Å²) in [5.74, 6) is 0. The molecule has 4 heteroatoms. The summed E-state index contributed by atoms with van der Waals surface area (Å²) >= 11 is 0. The standard InChI is InChI=1S/C48H30N2O2/c1-6-17-40(50-41-18-7-2-13-35(41)36-14-3-8-19-42(36)50)34(12-1)31-24-26-32(27-25-31)49(33-28-29-38-37-15-4-9-21-44(37)52-47(38)30-33)43-20-11-23-46-48(43)39-16-5-10-22-45(39)51-46/h1-30H. The first-order chi connectivity index (χ1) is 25.8. The minimum atomic E-state index is 0.852. The molecule has 0 fully saturated rings. The van der Waals surface area contributed by atoms with E-state index in [-0.39, 0.29) is 0 Å². The van der Waals surface area contributed by atoms with Crippen LogP contribution in [0.25, 0.3) is 82.5 Å². The molecular formula is C48H30N2O2. The number of para-hydroxylation sites is 5. The molecule has 0 spiro atoms. The molecule has 8 aromatic carbocycles. The molecule has 52 heavy (non-hydrogen) atoms. The van der Waals surface area contributed by atoms with Crippen molar-refractivity contribution in [2.45, 2.75) is 0 Å². The van der Waals surface area contributed by atoms with Gasteiger partial charge in [0.2, 0.25) is 0 Å². The Morgan fingerprint density at radius 1 is 0.385 bits per heavy atom. The third-order valence-corrected chi connectivity index (χ3v) is 10.4. The summed E-state index contributed by atoms with van der Waals surface area (Å²) < 4.78 is 15.2. The Morgan fingerprint density at radius 2 is 0.942 bits per heavy atom. The van der Waals surface area contributed by atoms with Crippen LogP contribution in [-0.2, 0) is 0 Å². The zero-order valence-electron chi connectivity index (χ0n) is 28.0. The SMILES string of the molecule is c1ccc(-n2c3ccccc3c3ccccc32)c(-c2ccc(N(c3ccc4c(c3)oc3ccccc34)c3cccc4oc5ccccc5c34)cc2)c1. The minimum Gasteiger partial charge on any atom is -0.456 e. The van der Waals surface area contributed by atoms with Gasteiger partial charge in [-0.15, -0.1) is 0 Å². The van der Waals surface area contributed by atoms with Gasteiger partial charge in [-0.3, -0.25) is 0 Å². The van der Waals surface area contributed by atoms with Gasteiger partial charge in [-0.1, -0.05) is 109 Å². The molecule has 11 rings (SSSR count). The Labute approximate surface area is 299 Å². The summed E-state index contributed by atoms with van der Waals surface area (Å²) in [7, 11) is 0. The molecule has 0 aliphatic heterocycles. The van der Waals surface area contributed by atoms with E-state index in [1.165, 1.54) is 27.4 Å². The van der Waals surface area contributed by atoms with Crippen molar-refractivity contribution >= 4 is 82.7 Å². The van der Waals surface area contributed by atoms with E-state index in [0.29, 0.717) is 0 Å². The molecule has 4 nitrogen and oxygen atoms in total. The van der Waals surface area contributed by atoms with Gasteiger partial charge >= 0.3 is 0 Å². The first kappa shape index (κ1) is 28.8. The molecule has 3 heterocycles. The van der Waals surface area contributed by atoms with E-state index in [0.717, 1.165) is 72.2 Å². The second-order valence-corrected chi connectivity index (χ2v) is 13.3. The fourth-order valence-corrected chi connectivity index (χ4v) is 8.11. The zero-order valence-corrected chi connectivity index (χ0v) is 28.0. The number of hydrogen-bond donors (Lipinski definition) is 0. The van der Waals surface area contributed by atoms with Crippen LogP contribution in [0.3, 0.4) is 0 Å². The molecule has 0 N–H and O–H groups in total. The van der Waals surface area contributed by atoms with Crippen LogP contribution in [0.5, 0.6) is 0 Å². The van der Waals surface area contributed by atoms with Crippen molar-refractivity contribution in [1.29, 1.82) is 0 Å². The lowest BCUT2D eigenvalue weighted by Gasteiger charge is -2.26. The molecule has 0 aliphatic rings. The summed E-state index contributed by atoms with van der Waals surface area (Å²) in [5, 5.41) is 6.87. The smallest absolute Gasteiger partial charge is 0.137 e. The Bertz CT molecular complexity index is 3090. The number of fused-ring (bicyclic) bond motifs is 9. The van der Waals surface area contributed by atoms with Gasteiger partial charge in [0.1, 0.15) is 22.3 Å². The van der Waals surface area contributed by atoms with Crippen molar-refractivity contribution in [3.63, 3.8) is 0 Å². The van der Waals surface area contributed by atoms with Crippen molar-refractivity contribution in [2.24, 2.45) is 0 Å². The van der Waals surface area contributed by atoms with E-state index in [2.05, 4.69) is 161 Å². The average Bonchev–Trinajstić information content (AvgIpc) is 3.88. The summed E-state index contributed by atoms with van der Waals surface area (Å²) in [6.07, 6.45) is 0. The third-order valence-electron chi connectivity index (χ3n) is 10.4. The molecule has 0 bridgehead atoms. The van der Waals surface area contributed by atoms with Gasteiger partial charge in [0.25, 0.3) is 0 Å². The van der Waals surface area contributed by atoms with E-state index in [1.807, 2.05) is 30.3 Å². The third kappa shape index (κ3) is 4.28. The molecule has 0 saturated heterocycles. The molecule has 0 amide bonds. The predicted octanol–water partition coefficient (Wildman–Crippen LogP) is 13.7. The van der Waals surface area contributed by atoms with E-state index in [1.54, 1.807) is 0 Å². The summed E-state index contributed by atoms with van der Waals surface area (Å²) in [4.78, 5) is 2.32. The Kier molecular flexibility index (Phi) is 6.22. The second kappa shape index (κ2) is 11.2. The molecule has 0 aliphatic carbocycles. The van der Waals surface area contributed by atoms with E-state index in [4.69, 9.17) is 8.83 Å². The van der Waals surface area contributed by atoms with Gasteiger partial charge in [0, 0.05) is 49.9 Å². The highest BCUT2D eigenvalue weighted by molar-refractivity contribution is 6.14. The van der Waals surface area contributed by atoms with Gasteiger partial charge in [0.15, 0.2) is 0 Å². The van der Waals surface area contributed by atoms with Gasteiger partial charge in [0.05, 0.1) is 27.8 Å². The Morgan fingerprint density at radius 3 is 1.71 bits per heavy atom. The minimum absolute atomic E-state index is 0.852. The van der Waals surface area contributed by atoms with Crippen LogP contribution in [0.4, 0.5) is 17.1 Å². The number of rotatable bonds is 5.